The standard InChI is InChI=1S/C15H18N6/c1-11(17-7-14-8-18-20-12(14)2)13-3-5-15(6-4-13)21-10-16-9-19-21/h3-6,8-11,17H,7H2,1-2H3,(H,18,20)/t11-/m0/s1. The first kappa shape index (κ1) is 13.5. The molecule has 3 rings (SSSR count). The van der Waals surface area contributed by atoms with Crippen LogP contribution in [0.15, 0.2) is 43.1 Å². The van der Waals surface area contributed by atoms with Crippen LogP contribution in [-0.4, -0.2) is 25.0 Å². The molecule has 0 aliphatic carbocycles. The molecule has 0 saturated heterocycles. The highest BCUT2D eigenvalue weighted by Crippen LogP contribution is 2.16. The van der Waals surface area contributed by atoms with Crippen LogP contribution in [0, 0.1) is 6.92 Å². The van der Waals surface area contributed by atoms with Crippen molar-refractivity contribution in [1.82, 2.24) is 30.3 Å². The SMILES string of the molecule is Cc1[nH]ncc1CN[C@@H](C)c1ccc(-n2cncn2)cc1. The monoisotopic (exact) mass is 282 g/mol. The topological polar surface area (TPSA) is 71.4 Å². The molecule has 0 amide bonds. The lowest BCUT2D eigenvalue weighted by Crippen LogP contribution is -2.18. The van der Waals surface area contributed by atoms with Gasteiger partial charge in [-0.3, -0.25) is 5.10 Å². The summed E-state index contributed by atoms with van der Waals surface area (Å²) in [7, 11) is 0. The van der Waals surface area contributed by atoms with Gasteiger partial charge >= 0.3 is 0 Å². The average molecular weight is 282 g/mol. The molecule has 6 nitrogen and oxygen atoms in total. The van der Waals surface area contributed by atoms with Crippen LogP contribution in [0.3, 0.4) is 0 Å². The lowest BCUT2D eigenvalue weighted by Gasteiger charge is -2.14. The Morgan fingerprint density at radius 3 is 2.71 bits per heavy atom. The molecule has 2 aromatic heterocycles. The van der Waals surface area contributed by atoms with Crippen molar-refractivity contribution in [2.75, 3.05) is 0 Å². The summed E-state index contributed by atoms with van der Waals surface area (Å²) < 4.78 is 1.75. The maximum absolute atomic E-state index is 4.12. The zero-order valence-electron chi connectivity index (χ0n) is 12.1. The third-order valence-electron chi connectivity index (χ3n) is 3.61. The van der Waals surface area contributed by atoms with Crippen LogP contribution in [0.4, 0.5) is 0 Å². The zero-order valence-corrected chi connectivity index (χ0v) is 12.1. The predicted octanol–water partition coefficient (Wildman–Crippen LogP) is 2.15. The summed E-state index contributed by atoms with van der Waals surface area (Å²) in [5.41, 5.74) is 4.55. The number of aryl methyl sites for hydroxylation is 1. The molecule has 0 radical (unpaired) electrons. The van der Waals surface area contributed by atoms with E-state index in [1.807, 2.05) is 25.3 Å². The van der Waals surface area contributed by atoms with Crippen LogP contribution in [0.2, 0.25) is 0 Å². The van der Waals surface area contributed by atoms with Crippen molar-refractivity contribution >= 4 is 0 Å². The van der Waals surface area contributed by atoms with Gasteiger partial charge in [-0.15, -0.1) is 0 Å². The van der Waals surface area contributed by atoms with Crippen LogP contribution in [-0.2, 0) is 6.54 Å². The fraction of sp³-hybridized carbons (Fsp3) is 0.267. The van der Waals surface area contributed by atoms with Gasteiger partial charge < -0.3 is 5.32 Å². The first-order chi connectivity index (χ1) is 10.2. The number of aromatic nitrogens is 5. The van der Waals surface area contributed by atoms with Gasteiger partial charge in [-0.1, -0.05) is 12.1 Å². The lowest BCUT2D eigenvalue weighted by molar-refractivity contribution is 0.573. The number of H-pyrrole nitrogens is 1. The zero-order chi connectivity index (χ0) is 14.7. The molecule has 2 N–H and O–H groups in total. The Morgan fingerprint density at radius 2 is 2.10 bits per heavy atom. The van der Waals surface area contributed by atoms with E-state index < -0.39 is 0 Å². The van der Waals surface area contributed by atoms with Gasteiger partial charge in [-0.2, -0.15) is 10.2 Å². The number of rotatable bonds is 5. The molecule has 0 aliphatic rings. The predicted molar refractivity (Wildman–Crippen MR) is 79.9 cm³/mol. The second-order valence-corrected chi connectivity index (χ2v) is 5.05. The van der Waals surface area contributed by atoms with Gasteiger partial charge in [0.1, 0.15) is 12.7 Å². The second kappa shape index (κ2) is 5.88. The Morgan fingerprint density at radius 1 is 1.29 bits per heavy atom. The number of hydrogen-bond acceptors (Lipinski definition) is 4. The van der Waals surface area contributed by atoms with Crippen molar-refractivity contribution in [2.24, 2.45) is 0 Å². The summed E-state index contributed by atoms with van der Waals surface area (Å²) in [6.07, 6.45) is 5.09. The van der Waals surface area contributed by atoms with Crippen molar-refractivity contribution in [3.8, 4) is 5.69 Å². The van der Waals surface area contributed by atoms with Crippen molar-refractivity contribution in [3.63, 3.8) is 0 Å². The number of nitrogens with one attached hydrogen (secondary N) is 2. The highest BCUT2D eigenvalue weighted by Gasteiger charge is 2.07. The third-order valence-corrected chi connectivity index (χ3v) is 3.61. The van der Waals surface area contributed by atoms with Crippen molar-refractivity contribution in [3.05, 3.63) is 59.9 Å². The quantitative estimate of drug-likeness (QED) is 0.752. The molecule has 3 aromatic rings. The molecule has 108 valence electrons. The van der Waals surface area contributed by atoms with Gasteiger partial charge in [0.15, 0.2) is 0 Å². The fourth-order valence-electron chi connectivity index (χ4n) is 2.19. The summed E-state index contributed by atoms with van der Waals surface area (Å²) in [5.74, 6) is 0. The van der Waals surface area contributed by atoms with Crippen LogP contribution in [0.25, 0.3) is 5.69 Å². The first-order valence-electron chi connectivity index (χ1n) is 6.91. The fourth-order valence-corrected chi connectivity index (χ4v) is 2.19. The van der Waals surface area contributed by atoms with Crippen molar-refractivity contribution in [2.45, 2.75) is 26.4 Å². The van der Waals surface area contributed by atoms with E-state index in [2.05, 4.69) is 44.7 Å². The second-order valence-electron chi connectivity index (χ2n) is 5.05. The van der Waals surface area contributed by atoms with Gasteiger partial charge in [-0.25, -0.2) is 9.67 Å². The molecule has 6 heteroatoms. The van der Waals surface area contributed by atoms with E-state index in [9.17, 15) is 0 Å². The van der Waals surface area contributed by atoms with Gasteiger partial charge in [0.25, 0.3) is 0 Å². The smallest absolute Gasteiger partial charge is 0.138 e. The highest BCUT2D eigenvalue weighted by molar-refractivity contribution is 5.34. The number of nitrogens with zero attached hydrogens (tertiary/aromatic N) is 4. The minimum Gasteiger partial charge on any atom is -0.306 e. The maximum atomic E-state index is 4.12. The van der Waals surface area contributed by atoms with E-state index in [0.717, 1.165) is 17.9 Å². The summed E-state index contributed by atoms with van der Waals surface area (Å²) in [6, 6.07) is 8.58. The van der Waals surface area contributed by atoms with Crippen LogP contribution < -0.4 is 5.32 Å². The molecule has 0 bridgehead atoms. The molecule has 0 spiro atoms. The van der Waals surface area contributed by atoms with Crippen molar-refractivity contribution in [1.29, 1.82) is 0 Å². The van der Waals surface area contributed by atoms with Gasteiger partial charge in [-0.05, 0) is 31.5 Å². The normalized spacial score (nSPS) is 12.5. The molecule has 21 heavy (non-hydrogen) atoms. The molecular weight excluding hydrogens is 264 g/mol. The summed E-state index contributed by atoms with van der Waals surface area (Å²) in [4.78, 5) is 3.95. The van der Waals surface area contributed by atoms with Crippen LogP contribution in [0.5, 0.6) is 0 Å². The van der Waals surface area contributed by atoms with Gasteiger partial charge in [0, 0.05) is 23.8 Å². The highest BCUT2D eigenvalue weighted by atomic mass is 15.3. The molecular formula is C15H18N6. The summed E-state index contributed by atoms with van der Waals surface area (Å²) >= 11 is 0. The van der Waals surface area contributed by atoms with Crippen LogP contribution in [0.1, 0.15) is 29.8 Å². The minimum atomic E-state index is 0.268. The Bertz CT molecular complexity index is 683. The van der Waals surface area contributed by atoms with Crippen LogP contribution >= 0.6 is 0 Å². The molecule has 0 unspecified atom stereocenters. The Labute approximate surface area is 123 Å². The Kier molecular flexibility index (Phi) is 3.79. The lowest BCUT2D eigenvalue weighted by atomic mass is 10.1. The number of benzene rings is 1. The molecule has 1 atom stereocenters. The Balaban J connectivity index is 1.65. The third kappa shape index (κ3) is 3.00. The van der Waals surface area contributed by atoms with E-state index in [1.54, 1.807) is 11.0 Å². The number of aromatic amines is 1. The average Bonchev–Trinajstić information content (AvgIpc) is 3.17. The molecule has 0 saturated carbocycles. The molecule has 0 aliphatic heterocycles. The van der Waals surface area contributed by atoms with E-state index in [-0.39, 0.29) is 6.04 Å². The van der Waals surface area contributed by atoms with Gasteiger partial charge in [0.05, 0.1) is 11.9 Å². The Hall–Kier alpha value is -2.47. The largest absolute Gasteiger partial charge is 0.306 e. The number of hydrogen-bond donors (Lipinski definition) is 2. The van der Waals surface area contributed by atoms with E-state index in [0.29, 0.717) is 0 Å². The maximum Gasteiger partial charge on any atom is 0.138 e. The molecule has 0 fully saturated rings. The first-order valence-corrected chi connectivity index (χ1v) is 6.91. The van der Waals surface area contributed by atoms with Gasteiger partial charge in [0.2, 0.25) is 0 Å². The summed E-state index contributed by atoms with van der Waals surface area (Å²) in [6.45, 7) is 4.98. The minimum absolute atomic E-state index is 0.268. The van der Waals surface area contributed by atoms with E-state index in [4.69, 9.17) is 0 Å². The summed E-state index contributed by atoms with van der Waals surface area (Å²) in [5, 5.41) is 14.6. The molecule has 2 heterocycles. The van der Waals surface area contributed by atoms with E-state index >= 15 is 0 Å². The van der Waals surface area contributed by atoms with Crippen molar-refractivity contribution < 1.29 is 0 Å². The molecule has 1 aromatic carbocycles. The van der Waals surface area contributed by atoms with E-state index in [1.165, 1.54) is 17.5 Å².